The van der Waals surface area contributed by atoms with Crippen molar-refractivity contribution in [2.75, 3.05) is 26.2 Å². The number of likely N-dealkylation sites (tertiary alicyclic amines) is 2. The third-order valence-corrected chi connectivity index (χ3v) is 7.95. The van der Waals surface area contributed by atoms with Gasteiger partial charge in [-0.3, -0.25) is 14.5 Å². The zero-order chi connectivity index (χ0) is 25.2. The molecule has 6 nitrogen and oxygen atoms in total. The number of halogens is 3. The molecule has 1 aromatic heterocycles. The molecule has 2 fully saturated rings. The largest absolute Gasteiger partial charge is 0.356 e. The van der Waals surface area contributed by atoms with Crippen molar-refractivity contribution in [1.82, 2.24) is 15.0 Å². The van der Waals surface area contributed by atoms with Crippen molar-refractivity contribution in [1.29, 1.82) is 0 Å². The van der Waals surface area contributed by atoms with E-state index in [4.69, 9.17) is 27.7 Å². The minimum Gasteiger partial charge on any atom is -0.356 e. The van der Waals surface area contributed by atoms with Gasteiger partial charge in [-0.1, -0.05) is 34.4 Å². The number of carbonyl (C=O) groups excluding carboxylic acids is 2. The van der Waals surface area contributed by atoms with E-state index in [9.17, 15) is 14.0 Å². The number of nitrogens with zero attached hydrogens (tertiary/aromatic N) is 3. The second-order valence-corrected chi connectivity index (χ2v) is 10.6. The van der Waals surface area contributed by atoms with Gasteiger partial charge in [0.05, 0.1) is 5.69 Å². The van der Waals surface area contributed by atoms with Crippen LogP contribution in [-0.4, -0.2) is 52.9 Å². The highest BCUT2D eigenvalue weighted by atomic mass is 35.5. The summed E-state index contributed by atoms with van der Waals surface area (Å²) in [6, 6.07) is 9.77. The molecule has 0 spiro atoms. The van der Waals surface area contributed by atoms with E-state index in [1.165, 1.54) is 17.0 Å². The number of piperidine rings is 2. The van der Waals surface area contributed by atoms with E-state index in [-0.39, 0.29) is 36.4 Å². The summed E-state index contributed by atoms with van der Waals surface area (Å²) in [4.78, 5) is 29.2. The van der Waals surface area contributed by atoms with Crippen LogP contribution in [0.5, 0.6) is 0 Å². The number of carbonyl (C=O) groups is 2. The van der Waals surface area contributed by atoms with Crippen LogP contribution in [0, 0.1) is 5.82 Å². The Morgan fingerprint density at radius 1 is 0.944 bits per heavy atom. The summed E-state index contributed by atoms with van der Waals surface area (Å²) in [5.41, 5.74) is 2.22. The summed E-state index contributed by atoms with van der Waals surface area (Å²) in [6.07, 6.45) is 4.20. The Labute approximate surface area is 219 Å². The van der Waals surface area contributed by atoms with Crippen molar-refractivity contribution in [3.8, 4) is 0 Å². The van der Waals surface area contributed by atoms with E-state index >= 15 is 0 Å². The van der Waals surface area contributed by atoms with Gasteiger partial charge in [-0.2, -0.15) is 0 Å². The van der Waals surface area contributed by atoms with Crippen molar-refractivity contribution in [2.24, 2.45) is 0 Å². The quantitative estimate of drug-likeness (QED) is 0.269. The van der Waals surface area contributed by atoms with Crippen molar-refractivity contribution in [3.05, 3.63) is 63.5 Å². The van der Waals surface area contributed by atoms with Gasteiger partial charge >= 0.3 is 0 Å². The smallest absolute Gasteiger partial charge is 0.229 e. The van der Waals surface area contributed by atoms with Crippen LogP contribution in [0.3, 0.4) is 0 Å². The van der Waals surface area contributed by atoms with Crippen LogP contribution < -0.4 is 0 Å². The third-order valence-electron chi connectivity index (χ3n) is 7.39. The summed E-state index contributed by atoms with van der Waals surface area (Å²) >= 11 is 12.3. The van der Waals surface area contributed by atoms with E-state index < -0.39 is 0 Å². The van der Waals surface area contributed by atoms with Crippen LogP contribution in [0.1, 0.15) is 61.6 Å². The lowest BCUT2D eigenvalue weighted by atomic mass is 9.88. The van der Waals surface area contributed by atoms with E-state index in [0.717, 1.165) is 62.0 Å². The Morgan fingerprint density at radius 3 is 2.39 bits per heavy atom. The molecule has 2 aliphatic heterocycles. The Kier molecular flexibility index (Phi) is 7.60. The molecule has 5 rings (SSSR count). The number of hydrogen-bond donors (Lipinski definition) is 0. The second kappa shape index (κ2) is 10.9. The molecule has 0 N–H and O–H groups in total. The summed E-state index contributed by atoms with van der Waals surface area (Å²) in [7, 11) is 0. The minimum atomic E-state index is -0.321. The van der Waals surface area contributed by atoms with Crippen LogP contribution >= 0.6 is 23.2 Å². The van der Waals surface area contributed by atoms with Gasteiger partial charge in [0.25, 0.3) is 0 Å². The summed E-state index contributed by atoms with van der Waals surface area (Å²) in [5.74, 6) is -0.490. The van der Waals surface area contributed by atoms with Crippen LogP contribution in [0.25, 0.3) is 11.0 Å². The van der Waals surface area contributed by atoms with E-state index in [1.54, 1.807) is 24.3 Å². The molecule has 0 unspecified atom stereocenters. The summed E-state index contributed by atoms with van der Waals surface area (Å²) in [6.45, 7) is 3.28. The van der Waals surface area contributed by atoms with Crippen molar-refractivity contribution in [3.63, 3.8) is 0 Å². The maximum absolute atomic E-state index is 13.4. The fraction of sp³-hybridized carbons (Fsp3) is 0.444. The molecular weight excluding hydrogens is 504 g/mol. The fourth-order valence-electron chi connectivity index (χ4n) is 5.42. The van der Waals surface area contributed by atoms with Crippen molar-refractivity contribution in [2.45, 2.75) is 50.4 Å². The molecule has 0 atom stereocenters. The van der Waals surface area contributed by atoms with E-state index in [0.29, 0.717) is 28.1 Å². The third kappa shape index (κ3) is 5.43. The topological polar surface area (TPSA) is 66.7 Å². The molecule has 2 saturated heterocycles. The van der Waals surface area contributed by atoms with Crippen LogP contribution in [-0.2, 0) is 9.59 Å². The Morgan fingerprint density at radius 2 is 1.67 bits per heavy atom. The van der Waals surface area contributed by atoms with Gasteiger partial charge in [0, 0.05) is 52.7 Å². The highest BCUT2D eigenvalue weighted by molar-refractivity contribution is 6.35. The molecule has 190 valence electrons. The first-order chi connectivity index (χ1) is 17.4. The maximum Gasteiger partial charge on any atom is 0.229 e. The SMILES string of the molecule is O=C1CC(c2ccc(Cl)cc2Cl)CC(=O)N1CCCCN1CCC(c2noc3cc(F)ccc23)CC1. The van der Waals surface area contributed by atoms with Crippen LogP contribution in [0.15, 0.2) is 40.9 Å². The molecule has 2 amide bonds. The first kappa shape index (κ1) is 25.2. The minimum absolute atomic E-state index is 0.136. The van der Waals surface area contributed by atoms with Gasteiger partial charge in [-0.25, -0.2) is 4.39 Å². The lowest BCUT2D eigenvalue weighted by Gasteiger charge is -2.32. The average Bonchev–Trinajstić information content (AvgIpc) is 3.26. The van der Waals surface area contributed by atoms with Gasteiger partial charge in [-0.15, -0.1) is 0 Å². The lowest BCUT2D eigenvalue weighted by Crippen LogP contribution is -2.43. The number of unbranched alkanes of at least 4 members (excludes halogenated alkanes) is 1. The molecule has 9 heteroatoms. The molecule has 3 aromatic rings. The number of fused-ring (bicyclic) bond motifs is 1. The zero-order valence-corrected chi connectivity index (χ0v) is 21.4. The van der Waals surface area contributed by atoms with Crippen molar-refractivity contribution < 1.29 is 18.5 Å². The second-order valence-electron chi connectivity index (χ2n) is 9.74. The average molecular weight is 532 g/mol. The van der Waals surface area contributed by atoms with Crippen molar-refractivity contribution >= 4 is 46.0 Å². The standard InChI is InChI=1S/C27H28Cl2FN3O3/c28-19-3-5-21(23(29)15-19)18-13-25(34)33(26(35)14-18)10-2-1-9-32-11-7-17(8-12-32)27-22-6-4-20(30)16-24(22)36-31-27/h3-6,15-18H,1-2,7-14H2. The molecule has 0 saturated carbocycles. The Bertz CT molecular complexity index is 1250. The maximum atomic E-state index is 13.4. The molecule has 0 radical (unpaired) electrons. The highest BCUT2D eigenvalue weighted by Crippen LogP contribution is 2.36. The first-order valence-corrected chi connectivity index (χ1v) is 13.2. The number of rotatable bonds is 7. The molecule has 2 aromatic carbocycles. The number of imide groups is 1. The molecule has 0 bridgehead atoms. The molecule has 0 aliphatic carbocycles. The predicted molar refractivity (Wildman–Crippen MR) is 137 cm³/mol. The summed E-state index contributed by atoms with van der Waals surface area (Å²) in [5, 5.41) is 6.14. The molecule has 3 heterocycles. The number of hydrogen-bond acceptors (Lipinski definition) is 5. The van der Waals surface area contributed by atoms with Crippen LogP contribution in [0.4, 0.5) is 4.39 Å². The first-order valence-electron chi connectivity index (χ1n) is 12.4. The number of aromatic nitrogens is 1. The lowest BCUT2D eigenvalue weighted by molar-refractivity contribution is -0.148. The van der Waals surface area contributed by atoms with Gasteiger partial charge in [-0.05, 0) is 75.1 Å². The fourth-order valence-corrected chi connectivity index (χ4v) is 5.98. The van der Waals surface area contributed by atoms with Crippen LogP contribution in [0.2, 0.25) is 10.0 Å². The van der Waals surface area contributed by atoms with Gasteiger partial charge in [0.2, 0.25) is 11.8 Å². The molecule has 2 aliphatic rings. The normalized spacial score (nSPS) is 18.5. The Balaban J connectivity index is 1.06. The van der Waals surface area contributed by atoms with Gasteiger partial charge < -0.3 is 9.42 Å². The Hall–Kier alpha value is -2.48. The highest BCUT2D eigenvalue weighted by Gasteiger charge is 2.34. The summed E-state index contributed by atoms with van der Waals surface area (Å²) < 4.78 is 18.8. The monoisotopic (exact) mass is 531 g/mol. The van der Waals surface area contributed by atoms with E-state index in [2.05, 4.69) is 10.1 Å². The number of amides is 2. The molecular formula is C27H28Cl2FN3O3. The van der Waals surface area contributed by atoms with Gasteiger partial charge in [0.15, 0.2) is 5.58 Å². The van der Waals surface area contributed by atoms with Gasteiger partial charge in [0.1, 0.15) is 5.82 Å². The molecule has 36 heavy (non-hydrogen) atoms. The van der Waals surface area contributed by atoms with E-state index in [1.807, 2.05) is 0 Å². The number of benzene rings is 2. The predicted octanol–water partition coefficient (Wildman–Crippen LogP) is 6.17. The zero-order valence-electron chi connectivity index (χ0n) is 19.9.